The van der Waals surface area contributed by atoms with Crippen LogP contribution in [-0.2, 0) is 6.54 Å². The number of carbonyl (C=O) groups is 1. The van der Waals surface area contributed by atoms with E-state index in [0.717, 1.165) is 18.4 Å². The highest BCUT2D eigenvalue weighted by molar-refractivity contribution is 5.96. The highest BCUT2D eigenvalue weighted by Gasteiger charge is 2.35. The predicted octanol–water partition coefficient (Wildman–Crippen LogP) is 0.852. The molecule has 3 rings (SSSR count). The number of rotatable bonds is 4. The number of carbonyl (C=O) groups excluding carboxylic acids is 1. The lowest BCUT2D eigenvalue weighted by atomic mass is 10.2. The fraction of sp³-hybridized carbons (Fsp3) is 0.333. The Hall–Kier alpha value is -2.44. The molecule has 1 aliphatic carbocycles. The number of amides is 1. The molecule has 0 aromatic carbocycles. The predicted molar refractivity (Wildman–Crippen MR) is 65.8 cm³/mol. The lowest BCUT2D eigenvalue weighted by Crippen LogP contribution is -2.33. The Balaban J connectivity index is 1.82. The van der Waals surface area contributed by atoms with E-state index in [0.29, 0.717) is 6.54 Å². The Kier molecular flexibility index (Phi) is 2.86. The van der Waals surface area contributed by atoms with Crippen LogP contribution in [0.15, 0.2) is 29.2 Å². The minimum atomic E-state index is -0.238. The van der Waals surface area contributed by atoms with Gasteiger partial charge in [-0.1, -0.05) is 0 Å². The average molecular weight is 259 g/mol. The normalized spacial score (nSPS) is 14.3. The van der Waals surface area contributed by atoms with E-state index >= 15 is 0 Å². The van der Waals surface area contributed by atoms with Gasteiger partial charge >= 0.3 is 0 Å². The molecule has 2 N–H and O–H groups in total. The third kappa shape index (κ3) is 2.40. The van der Waals surface area contributed by atoms with Crippen LogP contribution in [0.1, 0.15) is 28.9 Å². The molecule has 1 fully saturated rings. The molecule has 0 atom stereocenters. The topological polar surface area (TPSA) is 98.1 Å². The standard InChI is InChI=1S/C12H13N5O2/c13-11-10(15-19-16-11)12(18)17(9-1-2-9)7-8-3-5-14-6-4-8/h3-6,9H,1-2,7H2,(H2,13,16). The summed E-state index contributed by atoms with van der Waals surface area (Å²) >= 11 is 0. The van der Waals surface area contributed by atoms with Crippen molar-refractivity contribution in [2.45, 2.75) is 25.4 Å². The monoisotopic (exact) mass is 259 g/mol. The largest absolute Gasteiger partial charge is 0.379 e. The van der Waals surface area contributed by atoms with Crippen LogP contribution in [0.25, 0.3) is 0 Å². The Labute approximate surface area is 109 Å². The van der Waals surface area contributed by atoms with Crippen LogP contribution in [0.2, 0.25) is 0 Å². The molecular formula is C12H13N5O2. The molecule has 1 saturated carbocycles. The quantitative estimate of drug-likeness (QED) is 0.874. The summed E-state index contributed by atoms with van der Waals surface area (Å²) in [5.41, 5.74) is 6.67. The van der Waals surface area contributed by atoms with Crippen molar-refractivity contribution in [3.63, 3.8) is 0 Å². The Bertz CT molecular complexity index is 579. The first-order valence-corrected chi connectivity index (χ1v) is 6.03. The van der Waals surface area contributed by atoms with Gasteiger partial charge in [-0.15, -0.1) is 0 Å². The van der Waals surface area contributed by atoms with Crippen molar-refractivity contribution >= 4 is 11.7 Å². The number of nitrogens with zero attached hydrogens (tertiary/aromatic N) is 4. The molecule has 0 spiro atoms. The summed E-state index contributed by atoms with van der Waals surface area (Å²) < 4.78 is 4.48. The van der Waals surface area contributed by atoms with Crippen LogP contribution in [0.5, 0.6) is 0 Å². The second-order valence-electron chi connectivity index (χ2n) is 4.52. The fourth-order valence-corrected chi connectivity index (χ4v) is 1.92. The van der Waals surface area contributed by atoms with E-state index in [1.807, 2.05) is 12.1 Å². The van der Waals surface area contributed by atoms with Gasteiger partial charge in [0.2, 0.25) is 11.5 Å². The molecule has 19 heavy (non-hydrogen) atoms. The van der Waals surface area contributed by atoms with Crippen LogP contribution in [0.3, 0.4) is 0 Å². The highest BCUT2D eigenvalue weighted by atomic mass is 16.6. The van der Waals surface area contributed by atoms with E-state index in [9.17, 15) is 4.79 Å². The van der Waals surface area contributed by atoms with Gasteiger partial charge in [0.25, 0.3) is 5.91 Å². The van der Waals surface area contributed by atoms with Gasteiger partial charge in [-0.25, -0.2) is 4.63 Å². The first-order valence-electron chi connectivity index (χ1n) is 6.03. The molecule has 2 heterocycles. The van der Waals surface area contributed by atoms with E-state index in [4.69, 9.17) is 5.73 Å². The van der Waals surface area contributed by atoms with Gasteiger partial charge in [-0.05, 0) is 40.9 Å². The summed E-state index contributed by atoms with van der Waals surface area (Å²) in [5, 5.41) is 7.01. The first kappa shape index (κ1) is 11.6. The number of hydrogen-bond acceptors (Lipinski definition) is 6. The van der Waals surface area contributed by atoms with Crippen LogP contribution in [0.4, 0.5) is 5.82 Å². The molecular weight excluding hydrogens is 246 g/mol. The smallest absolute Gasteiger partial charge is 0.280 e. The number of hydrogen-bond donors (Lipinski definition) is 1. The number of nitrogen functional groups attached to an aromatic ring is 1. The lowest BCUT2D eigenvalue weighted by molar-refractivity contribution is 0.0719. The van der Waals surface area contributed by atoms with Crippen LogP contribution in [0, 0.1) is 0 Å². The van der Waals surface area contributed by atoms with Crippen molar-refractivity contribution in [1.29, 1.82) is 0 Å². The summed E-state index contributed by atoms with van der Waals surface area (Å²) in [4.78, 5) is 18.1. The van der Waals surface area contributed by atoms with Crippen molar-refractivity contribution in [3.8, 4) is 0 Å². The van der Waals surface area contributed by atoms with E-state index in [2.05, 4.69) is 19.9 Å². The zero-order chi connectivity index (χ0) is 13.2. The summed E-state index contributed by atoms with van der Waals surface area (Å²) in [7, 11) is 0. The number of aromatic nitrogens is 3. The molecule has 2 aromatic rings. The number of nitrogens with two attached hydrogens (primary N) is 1. The fourth-order valence-electron chi connectivity index (χ4n) is 1.92. The Morgan fingerprint density at radius 1 is 1.37 bits per heavy atom. The van der Waals surface area contributed by atoms with E-state index in [1.54, 1.807) is 17.3 Å². The molecule has 0 unspecified atom stereocenters. The minimum absolute atomic E-state index is 0.0328. The van der Waals surface area contributed by atoms with Crippen LogP contribution < -0.4 is 5.73 Å². The van der Waals surface area contributed by atoms with Gasteiger partial charge in [0.15, 0.2) is 0 Å². The zero-order valence-corrected chi connectivity index (χ0v) is 10.2. The molecule has 2 aromatic heterocycles. The van der Waals surface area contributed by atoms with Crippen molar-refractivity contribution in [2.75, 3.05) is 5.73 Å². The maximum Gasteiger partial charge on any atom is 0.280 e. The molecule has 0 bridgehead atoms. The Morgan fingerprint density at radius 2 is 2.11 bits per heavy atom. The lowest BCUT2D eigenvalue weighted by Gasteiger charge is -2.21. The third-order valence-corrected chi connectivity index (χ3v) is 3.07. The van der Waals surface area contributed by atoms with E-state index in [-0.39, 0.29) is 23.5 Å². The molecule has 1 amide bonds. The van der Waals surface area contributed by atoms with Crippen molar-refractivity contribution in [3.05, 3.63) is 35.8 Å². The summed E-state index contributed by atoms with van der Waals surface area (Å²) in [5.74, 6) is -0.205. The van der Waals surface area contributed by atoms with Gasteiger partial charge in [0.05, 0.1) is 0 Å². The van der Waals surface area contributed by atoms with Gasteiger partial charge in [-0.3, -0.25) is 9.78 Å². The number of anilines is 1. The second kappa shape index (κ2) is 4.68. The molecule has 0 radical (unpaired) electrons. The number of pyridine rings is 1. The zero-order valence-electron chi connectivity index (χ0n) is 10.2. The maximum atomic E-state index is 12.4. The second-order valence-corrected chi connectivity index (χ2v) is 4.52. The Morgan fingerprint density at radius 3 is 2.68 bits per heavy atom. The highest BCUT2D eigenvalue weighted by Crippen LogP contribution is 2.30. The third-order valence-electron chi connectivity index (χ3n) is 3.07. The van der Waals surface area contributed by atoms with Crippen molar-refractivity contribution in [1.82, 2.24) is 20.2 Å². The molecule has 1 aliphatic rings. The summed E-state index contributed by atoms with van der Waals surface area (Å²) in [6.07, 6.45) is 5.41. The van der Waals surface area contributed by atoms with Crippen LogP contribution in [-0.4, -0.2) is 32.1 Å². The van der Waals surface area contributed by atoms with Crippen molar-refractivity contribution < 1.29 is 9.42 Å². The molecule has 0 aliphatic heterocycles. The maximum absolute atomic E-state index is 12.4. The molecule has 0 saturated heterocycles. The first-order chi connectivity index (χ1) is 9.25. The van der Waals surface area contributed by atoms with Gasteiger partial charge in [0, 0.05) is 25.0 Å². The van der Waals surface area contributed by atoms with E-state index in [1.165, 1.54) is 0 Å². The van der Waals surface area contributed by atoms with Crippen molar-refractivity contribution in [2.24, 2.45) is 0 Å². The summed E-state index contributed by atoms with van der Waals surface area (Å²) in [6.45, 7) is 0.512. The molecule has 7 nitrogen and oxygen atoms in total. The molecule has 98 valence electrons. The molecule has 7 heteroatoms. The van der Waals surface area contributed by atoms with Gasteiger partial charge in [0.1, 0.15) is 0 Å². The van der Waals surface area contributed by atoms with Gasteiger partial charge < -0.3 is 10.6 Å². The van der Waals surface area contributed by atoms with Crippen LogP contribution >= 0.6 is 0 Å². The summed E-state index contributed by atoms with van der Waals surface area (Å²) in [6, 6.07) is 4.01. The van der Waals surface area contributed by atoms with Gasteiger partial charge in [-0.2, -0.15) is 0 Å². The average Bonchev–Trinajstić information content (AvgIpc) is 3.18. The van der Waals surface area contributed by atoms with E-state index < -0.39 is 0 Å². The SMILES string of the molecule is Nc1nonc1C(=O)N(Cc1ccncc1)C1CC1. The minimum Gasteiger partial charge on any atom is -0.379 e.